The van der Waals surface area contributed by atoms with Gasteiger partial charge in [0.15, 0.2) is 11.5 Å². The van der Waals surface area contributed by atoms with Gasteiger partial charge < -0.3 is 29.1 Å². The number of rotatable bonds is 6. The first kappa shape index (κ1) is 24.9. The number of aromatic amines is 1. The van der Waals surface area contributed by atoms with Crippen molar-refractivity contribution >= 4 is 39.7 Å². The molecule has 0 unspecified atom stereocenters. The summed E-state index contributed by atoms with van der Waals surface area (Å²) in [5.41, 5.74) is 6.37. The van der Waals surface area contributed by atoms with Crippen molar-refractivity contribution in [2.75, 3.05) is 32.6 Å². The van der Waals surface area contributed by atoms with Gasteiger partial charge in [0.2, 0.25) is 11.8 Å². The normalized spacial score (nSPS) is 14.2. The minimum absolute atomic E-state index is 0.00933. The molecule has 0 radical (unpaired) electrons. The molecule has 0 saturated carbocycles. The molecule has 6 rings (SSSR count). The van der Waals surface area contributed by atoms with Crippen molar-refractivity contribution in [3.63, 3.8) is 0 Å². The first-order chi connectivity index (χ1) is 18.9. The van der Waals surface area contributed by atoms with Crippen LogP contribution in [0.15, 0.2) is 47.0 Å². The third-order valence-corrected chi connectivity index (χ3v) is 6.88. The Bertz CT molecular complexity index is 1680. The molecule has 3 aromatic heterocycles. The fraction of sp³-hybridized carbons (Fsp3) is 0.310. The van der Waals surface area contributed by atoms with Gasteiger partial charge in [-0.3, -0.25) is 4.79 Å². The van der Waals surface area contributed by atoms with E-state index in [0.717, 1.165) is 51.7 Å². The molecule has 0 bridgehead atoms. The average Bonchev–Trinajstić information content (AvgIpc) is 3.52. The second-order valence-corrected chi connectivity index (χ2v) is 9.98. The van der Waals surface area contributed by atoms with Crippen molar-refractivity contribution in [3.8, 4) is 17.0 Å². The lowest BCUT2D eigenvalue weighted by Gasteiger charge is -2.23. The number of nitrogens with one attached hydrogen (secondary N) is 2. The third-order valence-electron chi connectivity index (χ3n) is 6.88. The van der Waals surface area contributed by atoms with Gasteiger partial charge in [-0.25, -0.2) is 4.98 Å². The standard InChI is InChI=1S/C29H30N6O4/c1-16-13-19(28(36)35(3)4)6-7-22(16)32-29-33-26-25(27(34-29)39-20-9-11-37-12-10-20)21(15-30-26)18-5-8-23-24(14-18)38-17(2)31-23/h5-8,13-15,20H,9-12H2,1-4H3,(H2,30,32,33,34). The number of aromatic nitrogens is 4. The molecule has 0 spiro atoms. The topological polar surface area (TPSA) is 118 Å². The molecule has 0 atom stereocenters. The number of amides is 1. The van der Waals surface area contributed by atoms with Crippen molar-refractivity contribution in [2.24, 2.45) is 0 Å². The van der Waals surface area contributed by atoms with Crippen LogP contribution in [-0.4, -0.2) is 64.2 Å². The van der Waals surface area contributed by atoms with E-state index in [1.807, 2.05) is 50.4 Å². The molecule has 1 amide bonds. The molecular weight excluding hydrogens is 496 g/mol. The number of hydrogen-bond acceptors (Lipinski definition) is 8. The largest absolute Gasteiger partial charge is 0.474 e. The zero-order valence-electron chi connectivity index (χ0n) is 22.4. The molecular formula is C29H30N6O4. The lowest BCUT2D eigenvalue weighted by atomic mass is 10.1. The minimum Gasteiger partial charge on any atom is -0.474 e. The van der Waals surface area contributed by atoms with Crippen molar-refractivity contribution < 1.29 is 18.7 Å². The quantitative estimate of drug-likeness (QED) is 0.303. The summed E-state index contributed by atoms with van der Waals surface area (Å²) in [5, 5.41) is 4.12. The van der Waals surface area contributed by atoms with E-state index >= 15 is 0 Å². The minimum atomic E-state index is -0.0490. The summed E-state index contributed by atoms with van der Waals surface area (Å²) in [6, 6.07) is 11.5. The molecule has 1 aliphatic heterocycles. The van der Waals surface area contributed by atoms with E-state index in [-0.39, 0.29) is 12.0 Å². The van der Waals surface area contributed by atoms with E-state index in [0.29, 0.717) is 42.1 Å². The Morgan fingerprint density at radius 2 is 1.90 bits per heavy atom. The van der Waals surface area contributed by atoms with Gasteiger partial charge in [0.25, 0.3) is 5.91 Å². The average molecular weight is 527 g/mol. The number of anilines is 2. The number of fused-ring (bicyclic) bond motifs is 2. The molecule has 1 saturated heterocycles. The predicted molar refractivity (Wildman–Crippen MR) is 149 cm³/mol. The van der Waals surface area contributed by atoms with Gasteiger partial charge in [-0.1, -0.05) is 6.07 Å². The van der Waals surface area contributed by atoms with E-state index < -0.39 is 0 Å². The lowest BCUT2D eigenvalue weighted by Crippen LogP contribution is -2.26. The maximum absolute atomic E-state index is 12.4. The van der Waals surface area contributed by atoms with Gasteiger partial charge in [0.1, 0.15) is 17.3 Å². The summed E-state index contributed by atoms with van der Waals surface area (Å²) in [6.07, 6.45) is 3.48. The highest BCUT2D eigenvalue weighted by Crippen LogP contribution is 2.37. The Morgan fingerprint density at radius 3 is 2.67 bits per heavy atom. The van der Waals surface area contributed by atoms with Crippen LogP contribution < -0.4 is 10.1 Å². The Kier molecular flexibility index (Phi) is 6.40. The predicted octanol–water partition coefficient (Wildman–Crippen LogP) is 5.39. The monoisotopic (exact) mass is 526 g/mol. The molecule has 10 heteroatoms. The molecule has 4 heterocycles. The molecule has 39 heavy (non-hydrogen) atoms. The van der Waals surface area contributed by atoms with Gasteiger partial charge in [0, 0.05) is 56.9 Å². The Hall–Kier alpha value is -4.44. The van der Waals surface area contributed by atoms with Gasteiger partial charge in [0.05, 0.1) is 18.6 Å². The number of carbonyl (C=O) groups is 1. The fourth-order valence-electron chi connectivity index (χ4n) is 4.84. The summed E-state index contributed by atoms with van der Waals surface area (Å²) in [6.45, 7) is 5.09. The van der Waals surface area contributed by atoms with Gasteiger partial charge in [-0.15, -0.1) is 0 Å². The molecule has 5 aromatic rings. The number of oxazole rings is 1. The second kappa shape index (κ2) is 10.0. The zero-order valence-corrected chi connectivity index (χ0v) is 22.4. The Labute approximate surface area is 225 Å². The van der Waals surface area contributed by atoms with Crippen LogP contribution in [0.3, 0.4) is 0 Å². The lowest BCUT2D eigenvalue weighted by molar-refractivity contribution is 0.0244. The second-order valence-electron chi connectivity index (χ2n) is 9.98. The summed E-state index contributed by atoms with van der Waals surface area (Å²) in [7, 11) is 3.48. The van der Waals surface area contributed by atoms with Crippen molar-refractivity contribution in [3.05, 3.63) is 59.6 Å². The fourth-order valence-corrected chi connectivity index (χ4v) is 4.84. The highest BCUT2D eigenvalue weighted by atomic mass is 16.5. The zero-order chi connectivity index (χ0) is 27.1. The van der Waals surface area contributed by atoms with Gasteiger partial charge in [-0.2, -0.15) is 9.97 Å². The van der Waals surface area contributed by atoms with E-state index in [1.54, 1.807) is 25.1 Å². The van der Waals surface area contributed by atoms with Crippen molar-refractivity contribution in [2.45, 2.75) is 32.8 Å². The number of carbonyl (C=O) groups excluding carboxylic acids is 1. The van der Waals surface area contributed by atoms with E-state index in [4.69, 9.17) is 23.9 Å². The molecule has 10 nitrogen and oxygen atoms in total. The third kappa shape index (κ3) is 4.90. The van der Waals surface area contributed by atoms with Crippen LogP contribution in [0.5, 0.6) is 5.88 Å². The molecule has 1 aliphatic rings. The number of ether oxygens (including phenoxy) is 2. The molecule has 1 fully saturated rings. The molecule has 0 aliphatic carbocycles. The number of hydrogen-bond donors (Lipinski definition) is 2. The van der Waals surface area contributed by atoms with Crippen molar-refractivity contribution in [1.82, 2.24) is 24.8 Å². The van der Waals surface area contributed by atoms with Crippen molar-refractivity contribution in [1.29, 1.82) is 0 Å². The highest BCUT2D eigenvalue weighted by molar-refractivity contribution is 5.99. The highest BCUT2D eigenvalue weighted by Gasteiger charge is 2.22. The van der Waals surface area contributed by atoms with Gasteiger partial charge in [-0.05, 0) is 48.4 Å². The van der Waals surface area contributed by atoms with Crippen LogP contribution in [0.2, 0.25) is 0 Å². The summed E-state index contributed by atoms with van der Waals surface area (Å²) in [4.78, 5) is 31.2. The Balaban J connectivity index is 1.40. The summed E-state index contributed by atoms with van der Waals surface area (Å²) >= 11 is 0. The number of aryl methyl sites for hydroxylation is 2. The number of nitrogens with zero attached hydrogens (tertiary/aromatic N) is 4. The summed E-state index contributed by atoms with van der Waals surface area (Å²) in [5.74, 6) is 1.47. The van der Waals surface area contributed by atoms with E-state index in [2.05, 4.69) is 15.3 Å². The maximum Gasteiger partial charge on any atom is 0.253 e. The number of benzene rings is 2. The number of H-pyrrole nitrogens is 1. The van der Waals surface area contributed by atoms with Crippen LogP contribution >= 0.6 is 0 Å². The van der Waals surface area contributed by atoms with E-state index in [9.17, 15) is 4.79 Å². The smallest absolute Gasteiger partial charge is 0.253 e. The van der Waals surface area contributed by atoms with Crippen LogP contribution in [0.1, 0.15) is 34.7 Å². The molecule has 2 aromatic carbocycles. The first-order valence-corrected chi connectivity index (χ1v) is 13.0. The van der Waals surface area contributed by atoms with Crippen LogP contribution in [0.25, 0.3) is 33.3 Å². The Morgan fingerprint density at radius 1 is 1.08 bits per heavy atom. The first-order valence-electron chi connectivity index (χ1n) is 13.0. The molecule has 200 valence electrons. The van der Waals surface area contributed by atoms with Crippen LogP contribution in [0.4, 0.5) is 11.6 Å². The molecule has 2 N–H and O–H groups in total. The van der Waals surface area contributed by atoms with Gasteiger partial charge >= 0.3 is 0 Å². The SMILES string of the molecule is Cc1nc2ccc(-c3c[nH]c4nc(Nc5ccc(C(=O)N(C)C)cc5C)nc(OC5CCOCC5)c34)cc2o1. The maximum atomic E-state index is 12.4. The summed E-state index contributed by atoms with van der Waals surface area (Å²) < 4.78 is 17.8. The van der Waals surface area contributed by atoms with Crippen LogP contribution in [0, 0.1) is 13.8 Å². The van der Waals surface area contributed by atoms with E-state index in [1.165, 1.54) is 0 Å². The van der Waals surface area contributed by atoms with Crippen LogP contribution in [-0.2, 0) is 4.74 Å².